The van der Waals surface area contributed by atoms with Gasteiger partial charge >= 0.3 is 0 Å². The summed E-state index contributed by atoms with van der Waals surface area (Å²) < 4.78 is 12.2. The first kappa shape index (κ1) is 9.49. The van der Waals surface area contributed by atoms with E-state index >= 15 is 0 Å². The number of benzene rings is 1. The van der Waals surface area contributed by atoms with Gasteiger partial charge in [-0.05, 0) is 24.1 Å². The highest BCUT2D eigenvalue weighted by Crippen LogP contribution is 2.24. The van der Waals surface area contributed by atoms with Crippen molar-refractivity contribution in [2.24, 2.45) is 5.73 Å². The summed E-state index contributed by atoms with van der Waals surface area (Å²) in [5.41, 5.74) is 7.18. The summed E-state index contributed by atoms with van der Waals surface area (Å²) in [6, 6.07) is 4.82. The molecule has 0 amide bonds. The summed E-state index contributed by atoms with van der Waals surface area (Å²) in [5, 5.41) is 0.542. The third-order valence-corrected chi connectivity index (χ3v) is 2.14. The number of aryl methyl sites for hydroxylation is 1. The Kier molecular flexibility index (Phi) is 3.06. The van der Waals surface area contributed by atoms with E-state index in [-0.39, 0.29) is 0 Å². The smallest absolute Gasteiger partial charge is 0.109 e. The van der Waals surface area contributed by atoms with Gasteiger partial charge in [-0.3, -0.25) is 0 Å². The van der Waals surface area contributed by atoms with Crippen LogP contribution in [0.1, 0.15) is 17.2 Å². The molecule has 0 bridgehead atoms. The van der Waals surface area contributed by atoms with Crippen molar-refractivity contribution < 1.29 is 4.39 Å². The minimum absolute atomic E-state index is 0.542. The zero-order valence-electron chi connectivity index (χ0n) is 6.85. The molecule has 0 heterocycles. The van der Waals surface area contributed by atoms with Gasteiger partial charge in [0, 0.05) is 5.02 Å². The topological polar surface area (TPSA) is 26.0 Å². The largest absolute Gasteiger partial charge is 0.322 e. The van der Waals surface area contributed by atoms with Crippen LogP contribution in [0.4, 0.5) is 4.39 Å². The Balaban J connectivity index is 3.12. The first-order chi connectivity index (χ1) is 5.66. The molecule has 0 aliphatic carbocycles. The maximum Gasteiger partial charge on any atom is 0.109 e. The zero-order valence-corrected chi connectivity index (χ0v) is 7.61. The van der Waals surface area contributed by atoms with Crippen molar-refractivity contribution >= 4 is 11.6 Å². The summed E-state index contributed by atoms with van der Waals surface area (Å²) >= 11 is 5.86. The second-order valence-corrected chi connectivity index (χ2v) is 3.14. The van der Waals surface area contributed by atoms with Crippen LogP contribution in [0, 0.1) is 6.92 Å². The second-order valence-electron chi connectivity index (χ2n) is 2.73. The first-order valence-corrected chi connectivity index (χ1v) is 4.11. The van der Waals surface area contributed by atoms with Crippen molar-refractivity contribution in [1.82, 2.24) is 0 Å². The Labute approximate surface area is 76.3 Å². The number of rotatable bonds is 2. The number of nitrogens with two attached hydrogens (primary N) is 1. The maximum atomic E-state index is 12.2. The molecule has 1 rings (SSSR count). The van der Waals surface area contributed by atoms with E-state index in [1.165, 1.54) is 0 Å². The van der Waals surface area contributed by atoms with E-state index in [9.17, 15) is 4.39 Å². The van der Waals surface area contributed by atoms with Gasteiger partial charge in [0.25, 0.3) is 0 Å². The lowest BCUT2D eigenvalue weighted by molar-refractivity contribution is 0.436. The molecule has 1 aromatic carbocycles. The van der Waals surface area contributed by atoms with Crippen molar-refractivity contribution in [3.8, 4) is 0 Å². The lowest BCUT2D eigenvalue weighted by Crippen LogP contribution is -2.14. The highest BCUT2D eigenvalue weighted by molar-refractivity contribution is 6.31. The number of alkyl halides is 1. The first-order valence-electron chi connectivity index (χ1n) is 3.73. The molecule has 0 radical (unpaired) electrons. The molecule has 12 heavy (non-hydrogen) atoms. The van der Waals surface area contributed by atoms with Crippen LogP contribution in [-0.2, 0) is 0 Å². The molecule has 2 N–H and O–H groups in total. The Morgan fingerprint density at radius 1 is 1.58 bits per heavy atom. The summed E-state index contributed by atoms with van der Waals surface area (Å²) in [4.78, 5) is 0. The van der Waals surface area contributed by atoms with Crippen molar-refractivity contribution in [3.63, 3.8) is 0 Å². The molecule has 1 nitrogen and oxygen atoms in total. The van der Waals surface area contributed by atoms with E-state index in [2.05, 4.69) is 0 Å². The average Bonchev–Trinajstić information content (AvgIpc) is 2.03. The van der Waals surface area contributed by atoms with E-state index < -0.39 is 12.7 Å². The van der Waals surface area contributed by atoms with E-state index in [4.69, 9.17) is 17.3 Å². The predicted octanol–water partition coefficient (Wildman–Crippen LogP) is 2.62. The molecule has 0 saturated heterocycles. The van der Waals surface area contributed by atoms with E-state index in [1.807, 2.05) is 19.1 Å². The third-order valence-electron chi connectivity index (χ3n) is 1.81. The summed E-state index contributed by atoms with van der Waals surface area (Å²) in [5.74, 6) is 0. The van der Waals surface area contributed by atoms with Crippen molar-refractivity contribution in [2.75, 3.05) is 6.67 Å². The standard InChI is InChI=1S/C9H11ClFN/c1-6-3-2-4-7(10)9(6)8(12)5-11/h2-4,8H,5,12H2,1H3. The summed E-state index contributed by atoms with van der Waals surface area (Å²) in [7, 11) is 0. The van der Waals surface area contributed by atoms with Crippen LogP contribution in [0.5, 0.6) is 0 Å². The van der Waals surface area contributed by atoms with Crippen LogP contribution in [-0.4, -0.2) is 6.67 Å². The molecular weight excluding hydrogens is 177 g/mol. The van der Waals surface area contributed by atoms with Crippen LogP contribution in [0.3, 0.4) is 0 Å². The Hall–Kier alpha value is -0.600. The fraction of sp³-hybridized carbons (Fsp3) is 0.333. The number of hydrogen-bond acceptors (Lipinski definition) is 1. The van der Waals surface area contributed by atoms with Gasteiger partial charge in [-0.2, -0.15) is 0 Å². The summed E-state index contributed by atoms with van der Waals surface area (Å²) in [6.07, 6.45) is 0. The molecule has 0 aliphatic rings. The van der Waals surface area contributed by atoms with Crippen molar-refractivity contribution in [3.05, 3.63) is 34.3 Å². The lowest BCUT2D eigenvalue weighted by Gasteiger charge is -2.12. The highest BCUT2D eigenvalue weighted by atomic mass is 35.5. The van der Waals surface area contributed by atoms with Crippen LogP contribution in [0.15, 0.2) is 18.2 Å². The molecule has 3 heteroatoms. The van der Waals surface area contributed by atoms with Crippen LogP contribution in [0.25, 0.3) is 0 Å². The normalized spacial score (nSPS) is 13.0. The Bertz CT molecular complexity index is 255. The van der Waals surface area contributed by atoms with Gasteiger partial charge in [-0.1, -0.05) is 23.7 Å². The molecule has 0 aromatic heterocycles. The minimum Gasteiger partial charge on any atom is -0.322 e. The van der Waals surface area contributed by atoms with Gasteiger partial charge in [-0.25, -0.2) is 4.39 Å². The summed E-state index contributed by atoms with van der Waals surface area (Å²) in [6.45, 7) is 1.29. The molecule has 1 atom stereocenters. The van der Waals surface area contributed by atoms with Crippen LogP contribution < -0.4 is 5.73 Å². The molecule has 0 fully saturated rings. The Morgan fingerprint density at radius 2 is 2.25 bits per heavy atom. The van der Waals surface area contributed by atoms with Gasteiger partial charge in [-0.15, -0.1) is 0 Å². The molecule has 0 saturated carbocycles. The Morgan fingerprint density at radius 3 is 2.75 bits per heavy atom. The van der Waals surface area contributed by atoms with Gasteiger partial charge in [0.15, 0.2) is 0 Å². The van der Waals surface area contributed by atoms with E-state index in [1.54, 1.807) is 6.07 Å². The van der Waals surface area contributed by atoms with Gasteiger partial charge in [0.2, 0.25) is 0 Å². The molecule has 66 valence electrons. The zero-order chi connectivity index (χ0) is 9.14. The minimum atomic E-state index is -0.598. The second kappa shape index (κ2) is 3.87. The number of halogens is 2. The van der Waals surface area contributed by atoms with Crippen LogP contribution >= 0.6 is 11.6 Å². The highest BCUT2D eigenvalue weighted by Gasteiger charge is 2.11. The van der Waals surface area contributed by atoms with E-state index in [0.29, 0.717) is 10.6 Å². The quantitative estimate of drug-likeness (QED) is 0.757. The van der Waals surface area contributed by atoms with Gasteiger partial charge in [0.05, 0.1) is 6.04 Å². The molecular formula is C9H11ClFN. The predicted molar refractivity (Wildman–Crippen MR) is 49.1 cm³/mol. The molecule has 1 aromatic rings. The third kappa shape index (κ3) is 1.76. The van der Waals surface area contributed by atoms with Crippen LogP contribution in [0.2, 0.25) is 5.02 Å². The van der Waals surface area contributed by atoms with Crippen molar-refractivity contribution in [1.29, 1.82) is 0 Å². The van der Waals surface area contributed by atoms with Gasteiger partial charge in [0.1, 0.15) is 6.67 Å². The van der Waals surface area contributed by atoms with Crippen molar-refractivity contribution in [2.45, 2.75) is 13.0 Å². The molecule has 1 unspecified atom stereocenters. The SMILES string of the molecule is Cc1cccc(Cl)c1C(N)CF. The average molecular weight is 188 g/mol. The fourth-order valence-electron chi connectivity index (χ4n) is 1.19. The fourth-order valence-corrected chi connectivity index (χ4v) is 1.55. The maximum absolute atomic E-state index is 12.2. The monoisotopic (exact) mass is 187 g/mol. The molecule has 0 spiro atoms. The molecule has 0 aliphatic heterocycles. The number of hydrogen-bond donors (Lipinski definition) is 1. The lowest BCUT2D eigenvalue weighted by atomic mass is 10.0. The van der Waals surface area contributed by atoms with E-state index in [0.717, 1.165) is 5.56 Å². The van der Waals surface area contributed by atoms with Gasteiger partial charge < -0.3 is 5.73 Å².